The van der Waals surface area contributed by atoms with Crippen LogP contribution in [0, 0.1) is 0 Å². The zero-order valence-corrected chi connectivity index (χ0v) is 9.10. The summed E-state index contributed by atoms with van der Waals surface area (Å²) < 4.78 is 5.78. The third-order valence-electron chi connectivity index (χ3n) is 3.74. The van der Waals surface area contributed by atoms with Crippen molar-refractivity contribution in [3.8, 4) is 11.5 Å². The third-order valence-corrected chi connectivity index (χ3v) is 3.74. The Morgan fingerprint density at radius 1 is 1.06 bits per heavy atom. The monoisotopic (exact) mass is 220 g/mol. The van der Waals surface area contributed by atoms with E-state index in [9.17, 15) is 10.2 Å². The van der Waals surface area contributed by atoms with Crippen LogP contribution in [0.5, 0.6) is 11.5 Å². The highest BCUT2D eigenvalue weighted by molar-refractivity contribution is 5.41. The van der Waals surface area contributed by atoms with Crippen molar-refractivity contribution in [1.29, 1.82) is 0 Å². The van der Waals surface area contributed by atoms with Crippen molar-refractivity contribution in [2.24, 2.45) is 0 Å². The van der Waals surface area contributed by atoms with Crippen LogP contribution in [0.15, 0.2) is 18.2 Å². The molecule has 0 aliphatic carbocycles. The van der Waals surface area contributed by atoms with Gasteiger partial charge in [0, 0.05) is 6.07 Å². The van der Waals surface area contributed by atoms with Crippen LogP contribution in [0.25, 0.3) is 0 Å². The fourth-order valence-electron chi connectivity index (χ4n) is 2.99. The first-order chi connectivity index (χ1) is 7.72. The molecule has 1 aromatic rings. The van der Waals surface area contributed by atoms with Gasteiger partial charge in [-0.15, -0.1) is 0 Å². The number of benzene rings is 1. The first-order valence-corrected chi connectivity index (χ1v) is 5.89. The van der Waals surface area contributed by atoms with E-state index in [1.54, 1.807) is 6.07 Å². The van der Waals surface area contributed by atoms with Crippen LogP contribution in [-0.2, 0) is 4.74 Å². The highest BCUT2D eigenvalue weighted by Gasteiger charge is 2.36. The van der Waals surface area contributed by atoms with Gasteiger partial charge in [0.25, 0.3) is 0 Å². The lowest BCUT2D eigenvalue weighted by molar-refractivity contribution is -0.00407. The molecule has 0 aromatic heterocycles. The van der Waals surface area contributed by atoms with Crippen LogP contribution in [0.4, 0.5) is 0 Å². The number of aromatic hydroxyl groups is 2. The summed E-state index contributed by atoms with van der Waals surface area (Å²) in [7, 11) is 0. The van der Waals surface area contributed by atoms with Gasteiger partial charge in [0.1, 0.15) is 11.5 Å². The Morgan fingerprint density at radius 2 is 1.75 bits per heavy atom. The molecule has 0 radical (unpaired) electrons. The zero-order valence-electron chi connectivity index (χ0n) is 9.10. The van der Waals surface area contributed by atoms with Gasteiger partial charge in [0.15, 0.2) is 0 Å². The maximum absolute atomic E-state index is 9.84. The fourth-order valence-corrected chi connectivity index (χ4v) is 2.99. The minimum absolute atomic E-state index is 0.122. The SMILES string of the molecule is Oc1ccc(C2CC3CCC(C2)O3)c(O)c1. The molecule has 2 aliphatic rings. The standard InChI is InChI=1S/C13H16O3/c14-9-1-4-12(13(15)7-9)8-5-10-2-3-11(6-8)16-10/h1,4,7-8,10-11,14-15H,2-3,5-6H2. The fraction of sp³-hybridized carbons (Fsp3) is 0.538. The highest BCUT2D eigenvalue weighted by atomic mass is 16.5. The number of hydrogen-bond donors (Lipinski definition) is 2. The molecule has 3 heteroatoms. The van der Waals surface area contributed by atoms with Crippen molar-refractivity contribution in [2.75, 3.05) is 0 Å². The number of phenols is 2. The quantitative estimate of drug-likeness (QED) is 0.764. The van der Waals surface area contributed by atoms with Crippen LogP contribution < -0.4 is 0 Å². The van der Waals surface area contributed by atoms with E-state index in [2.05, 4.69) is 0 Å². The van der Waals surface area contributed by atoms with E-state index in [1.165, 1.54) is 6.07 Å². The average Bonchev–Trinajstić information content (AvgIpc) is 2.58. The minimum Gasteiger partial charge on any atom is -0.508 e. The first kappa shape index (κ1) is 9.97. The van der Waals surface area contributed by atoms with Crippen LogP contribution in [0.1, 0.15) is 37.2 Å². The van der Waals surface area contributed by atoms with Gasteiger partial charge in [-0.2, -0.15) is 0 Å². The number of phenolic OH excluding ortho intramolecular Hbond substituents is 2. The topological polar surface area (TPSA) is 49.7 Å². The minimum atomic E-state index is 0.122. The van der Waals surface area contributed by atoms with Gasteiger partial charge in [-0.3, -0.25) is 0 Å². The largest absolute Gasteiger partial charge is 0.508 e. The second kappa shape index (κ2) is 3.67. The molecule has 2 atom stereocenters. The summed E-state index contributed by atoms with van der Waals surface area (Å²) in [5, 5.41) is 19.1. The Kier molecular flexibility index (Phi) is 2.28. The summed E-state index contributed by atoms with van der Waals surface area (Å²) >= 11 is 0. The molecule has 2 bridgehead atoms. The van der Waals surface area contributed by atoms with Crippen molar-refractivity contribution >= 4 is 0 Å². The lowest BCUT2D eigenvalue weighted by Crippen LogP contribution is -2.23. The van der Waals surface area contributed by atoms with Gasteiger partial charge in [-0.1, -0.05) is 6.07 Å². The van der Waals surface area contributed by atoms with Gasteiger partial charge in [-0.05, 0) is 43.2 Å². The molecule has 86 valence electrons. The van der Waals surface area contributed by atoms with Crippen molar-refractivity contribution in [1.82, 2.24) is 0 Å². The second-order valence-corrected chi connectivity index (χ2v) is 4.87. The molecule has 2 unspecified atom stereocenters. The van der Waals surface area contributed by atoms with Crippen LogP contribution in [-0.4, -0.2) is 22.4 Å². The Morgan fingerprint density at radius 3 is 2.38 bits per heavy atom. The normalized spacial score (nSPS) is 32.9. The van der Waals surface area contributed by atoms with Crippen molar-refractivity contribution in [3.05, 3.63) is 23.8 Å². The molecule has 0 spiro atoms. The average molecular weight is 220 g/mol. The molecule has 16 heavy (non-hydrogen) atoms. The summed E-state index contributed by atoms with van der Waals surface area (Å²) in [5.74, 6) is 0.717. The van der Waals surface area contributed by atoms with Crippen molar-refractivity contribution in [3.63, 3.8) is 0 Å². The summed E-state index contributed by atoms with van der Waals surface area (Å²) in [5.41, 5.74) is 0.956. The van der Waals surface area contributed by atoms with E-state index in [0.717, 1.165) is 31.2 Å². The maximum atomic E-state index is 9.84. The number of rotatable bonds is 1. The molecular weight excluding hydrogens is 204 g/mol. The molecule has 2 N–H and O–H groups in total. The number of ether oxygens (including phenoxy) is 1. The van der Waals surface area contributed by atoms with E-state index in [0.29, 0.717) is 18.1 Å². The highest BCUT2D eigenvalue weighted by Crippen LogP contribution is 2.43. The second-order valence-electron chi connectivity index (χ2n) is 4.87. The van der Waals surface area contributed by atoms with E-state index in [-0.39, 0.29) is 11.5 Å². The molecule has 3 nitrogen and oxygen atoms in total. The molecule has 3 rings (SSSR count). The Labute approximate surface area is 94.7 Å². The molecule has 2 aliphatic heterocycles. The molecule has 2 heterocycles. The molecule has 2 saturated heterocycles. The van der Waals surface area contributed by atoms with E-state index in [4.69, 9.17) is 4.74 Å². The summed E-state index contributed by atoms with van der Waals surface area (Å²) in [4.78, 5) is 0. The van der Waals surface area contributed by atoms with Gasteiger partial charge in [0.05, 0.1) is 12.2 Å². The molecule has 1 aromatic carbocycles. The van der Waals surface area contributed by atoms with Crippen LogP contribution in [0.3, 0.4) is 0 Å². The summed E-state index contributed by atoms with van der Waals surface area (Å²) in [6.45, 7) is 0. The summed E-state index contributed by atoms with van der Waals surface area (Å²) in [6, 6.07) is 4.90. The van der Waals surface area contributed by atoms with Crippen molar-refractivity contribution in [2.45, 2.75) is 43.8 Å². The Hall–Kier alpha value is -1.22. The van der Waals surface area contributed by atoms with E-state index in [1.807, 2.05) is 6.07 Å². The van der Waals surface area contributed by atoms with Gasteiger partial charge in [-0.25, -0.2) is 0 Å². The predicted molar refractivity (Wildman–Crippen MR) is 59.6 cm³/mol. The van der Waals surface area contributed by atoms with Gasteiger partial charge in [0.2, 0.25) is 0 Å². The van der Waals surface area contributed by atoms with Gasteiger partial charge < -0.3 is 14.9 Å². The van der Waals surface area contributed by atoms with E-state index >= 15 is 0 Å². The smallest absolute Gasteiger partial charge is 0.122 e. The van der Waals surface area contributed by atoms with E-state index < -0.39 is 0 Å². The van der Waals surface area contributed by atoms with Gasteiger partial charge >= 0.3 is 0 Å². The zero-order chi connectivity index (χ0) is 11.1. The molecule has 0 amide bonds. The lowest BCUT2D eigenvalue weighted by atomic mass is 9.88. The Balaban J connectivity index is 1.87. The third kappa shape index (κ3) is 1.65. The van der Waals surface area contributed by atoms with Crippen LogP contribution >= 0.6 is 0 Å². The number of fused-ring (bicyclic) bond motifs is 2. The molecule has 0 saturated carbocycles. The predicted octanol–water partition coefficient (Wildman–Crippen LogP) is 2.52. The van der Waals surface area contributed by atoms with Crippen molar-refractivity contribution < 1.29 is 14.9 Å². The summed E-state index contributed by atoms with van der Waals surface area (Å²) in [6.07, 6.45) is 5.04. The Bertz CT molecular complexity index is 390. The first-order valence-electron chi connectivity index (χ1n) is 5.89. The van der Waals surface area contributed by atoms with Crippen LogP contribution in [0.2, 0.25) is 0 Å². The molecular formula is C13H16O3. The maximum Gasteiger partial charge on any atom is 0.122 e. The number of hydrogen-bond acceptors (Lipinski definition) is 3. The molecule has 2 fully saturated rings. The lowest BCUT2D eigenvalue weighted by Gasteiger charge is -2.29.